The smallest absolute Gasteiger partial charge is 0.158 e. The minimum Gasteiger partial charge on any atom is -0.396 e. The Balaban J connectivity index is 1.43. The van der Waals surface area contributed by atoms with Crippen LogP contribution in [0.25, 0.3) is 5.82 Å². The first-order valence-corrected chi connectivity index (χ1v) is 8.83. The number of aliphatic hydroxyl groups is 1. The monoisotopic (exact) mass is 354 g/mol. The van der Waals surface area contributed by atoms with Crippen LogP contribution in [0.1, 0.15) is 30.1 Å². The van der Waals surface area contributed by atoms with Gasteiger partial charge in [0.25, 0.3) is 0 Å². The van der Waals surface area contributed by atoms with E-state index in [0.29, 0.717) is 12.5 Å². The van der Waals surface area contributed by atoms with Crippen LogP contribution in [-0.2, 0) is 6.42 Å². The van der Waals surface area contributed by atoms with E-state index in [0.717, 1.165) is 48.8 Å². The zero-order chi connectivity index (χ0) is 17.9. The number of piperidine rings is 1. The molecule has 1 saturated heterocycles. The van der Waals surface area contributed by atoms with E-state index in [1.807, 2.05) is 36.3 Å². The van der Waals surface area contributed by atoms with Gasteiger partial charge in [0.15, 0.2) is 5.82 Å². The predicted molar refractivity (Wildman–Crippen MR) is 95.2 cm³/mol. The van der Waals surface area contributed by atoms with Crippen LogP contribution in [0.4, 0.5) is 5.82 Å². The van der Waals surface area contributed by atoms with Crippen molar-refractivity contribution in [3.05, 3.63) is 42.2 Å². The second-order valence-corrected chi connectivity index (χ2v) is 6.58. The SMILES string of the molecule is Cc1cnn(-c2cc(N3CCC(n4cc(CCO)nn4)CC3)ncn2)c1. The van der Waals surface area contributed by atoms with Crippen LogP contribution in [0, 0.1) is 6.92 Å². The van der Waals surface area contributed by atoms with E-state index >= 15 is 0 Å². The lowest BCUT2D eigenvalue weighted by Crippen LogP contribution is -2.35. The van der Waals surface area contributed by atoms with Gasteiger partial charge in [-0.15, -0.1) is 5.10 Å². The maximum absolute atomic E-state index is 9.00. The van der Waals surface area contributed by atoms with Gasteiger partial charge in [-0.25, -0.2) is 19.3 Å². The normalized spacial score (nSPS) is 15.5. The van der Waals surface area contributed by atoms with Gasteiger partial charge in [-0.05, 0) is 25.3 Å². The van der Waals surface area contributed by atoms with Crippen molar-refractivity contribution in [2.45, 2.75) is 32.2 Å². The molecule has 0 amide bonds. The standard InChI is InChI=1S/C17H22N8O/c1-13-9-20-25(10-13)17-8-16(18-12-19-17)23-5-2-15(3-6-23)24-11-14(4-7-26)21-22-24/h8-12,15,26H,2-7H2,1H3. The molecule has 1 aliphatic heterocycles. The van der Waals surface area contributed by atoms with Crippen molar-refractivity contribution >= 4 is 5.82 Å². The zero-order valence-corrected chi connectivity index (χ0v) is 14.7. The summed E-state index contributed by atoms with van der Waals surface area (Å²) in [6, 6.07) is 2.31. The molecule has 9 nitrogen and oxygen atoms in total. The van der Waals surface area contributed by atoms with Crippen LogP contribution in [0.3, 0.4) is 0 Å². The van der Waals surface area contributed by atoms with E-state index in [2.05, 4.69) is 30.3 Å². The van der Waals surface area contributed by atoms with E-state index in [9.17, 15) is 0 Å². The number of rotatable bonds is 5. The average Bonchev–Trinajstić information content (AvgIpc) is 3.32. The van der Waals surface area contributed by atoms with Crippen molar-refractivity contribution in [1.82, 2.24) is 34.7 Å². The van der Waals surface area contributed by atoms with E-state index in [-0.39, 0.29) is 6.61 Å². The Morgan fingerprint density at radius 1 is 1.15 bits per heavy atom. The predicted octanol–water partition coefficient (Wildman–Crippen LogP) is 0.939. The summed E-state index contributed by atoms with van der Waals surface area (Å²) in [7, 11) is 0. The molecular formula is C17H22N8O. The molecule has 3 aromatic heterocycles. The van der Waals surface area contributed by atoms with Gasteiger partial charge in [0.2, 0.25) is 0 Å². The van der Waals surface area contributed by atoms with E-state index in [4.69, 9.17) is 5.11 Å². The van der Waals surface area contributed by atoms with Crippen LogP contribution in [0.15, 0.2) is 31.0 Å². The Morgan fingerprint density at radius 2 is 1.96 bits per heavy atom. The summed E-state index contributed by atoms with van der Waals surface area (Å²) in [4.78, 5) is 11.0. The molecule has 0 spiro atoms. The zero-order valence-electron chi connectivity index (χ0n) is 14.7. The van der Waals surface area contributed by atoms with Gasteiger partial charge >= 0.3 is 0 Å². The van der Waals surface area contributed by atoms with Crippen molar-refractivity contribution in [2.75, 3.05) is 24.6 Å². The number of anilines is 1. The highest BCUT2D eigenvalue weighted by Crippen LogP contribution is 2.25. The van der Waals surface area contributed by atoms with Crippen LogP contribution >= 0.6 is 0 Å². The maximum Gasteiger partial charge on any atom is 0.158 e. The molecule has 0 bridgehead atoms. The lowest BCUT2D eigenvalue weighted by Gasteiger charge is -2.32. The fourth-order valence-electron chi connectivity index (χ4n) is 3.25. The molecule has 1 fully saturated rings. The molecule has 0 radical (unpaired) electrons. The molecule has 4 heterocycles. The van der Waals surface area contributed by atoms with Gasteiger partial charge in [0.05, 0.1) is 17.9 Å². The third kappa shape index (κ3) is 3.43. The number of aliphatic hydroxyl groups excluding tert-OH is 1. The minimum absolute atomic E-state index is 0.100. The van der Waals surface area contributed by atoms with Crippen molar-refractivity contribution in [3.63, 3.8) is 0 Å². The van der Waals surface area contributed by atoms with Gasteiger partial charge in [-0.3, -0.25) is 0 Å². The second kappa shape index (κ2) is 7.20. The highest BCUT2D eigenvalue weighted by Gasteiger charge is 2.23. The largest absolute Gasteiger partial charge is 0.396 e. The molecule has 3 aromatic rings. The van der Waals surface area contributed by atoms with Gasteiger partial charge in [-0.1, -0.05) is 5.21 Å². The lowest BCUT2D eigenvalue weighted by molar-refractivity contribution is 0.298. The average molecular weight is 354 g/mol. The van der Waals surface area contributed by atoms with E-state index in [1.165, 1.54) is 0 Å². The number of aryl methyl sites for hydroxylation is 1. The first kappa shape index (κ1) is 16.6. The van der Waals surface area contributed by atoms with Gasteiger partial charge in [-0.2, -0.15) is 5.10 Å². The molecule has 26 heavy (non-hydrogen) atoms. The number of hydrogen-bond donors (Lipinski definition) is 1. The maximum atomic E-state index is 9.00. The van der Waals surface area contributed by atoms with E-state index < -0.39 is 0 Å². The summed E-state index contributed by atoms with van der Waals surface area (Å²) in [6.45, 7) is 3.90. The Kier molecular flexibility index (Phi) is 4.61. The molecule has 1 N–H and O–H groups in total. The first-order valence-electron chi connectivity index (χ1n) is 8.83. The molecule has 0 atom stereocenters. The quantitative estimate of drug-likeness (QED) is 0.728. The molecule has 0 aromatic carbocycles. The van der Waals surface area contributed by atoms with Crippen molar-refractivity contribution < 1.29 is 5.11 Å². The molecule has 9 heteroatoms. The van der Waals surface area contributed by atoms with Crippen molar-refractivity contribution in [1.29, 1.82) is 0 Å². The van der Waals surface area contributed by atoms with Crippen LogP contribution in [0.2, 0.25) is 0 Å². The van der Waals surface area contributed by atoms with Crippen LogP contribution < -0.4 is 4.90 Å². The summed E-state index contributed by atoms with van der Waals surface area (Å²) in [5.74, 6) is 1.69. The Bertz CT molecular complexity index is 865. The minimum atomic E-state index is 0.100. The molecule has 4 rings (SSSR count). The number of aromatic nitrogens is 7. The highest BCUT2D eigenvalue weighted by molar-refractivity contribution is 5.43. The summed E-state index contributed by atoms with van der Waals surface area (Å²) in [5, 5.41) is 21.6. The topological polar surface area (TPSA) is 97.8 Å². The number of hydrogen-bond acceptors (Lipinski definition) is 7. The van der Waals surface area contributed by atoms with Gasteiger partial charge < -0.3 is 10.0 Å². The second-order valence-electron chi connectivity index (χ2n) is 6.58. The van der Waals surface area contributed by atoms with Crippen LogP contribution in [-0.4, -0.2) is 59.5 Å². The summed E-state index contributed by atoms with van der Waals surface area (Å²) >= 11 is 0. The Labute approximate surface area is 151 Å². The van der Waals surface area contributed by atoms with Gasteiger partial charge in [0.1, 0.15) is 12.1 Å². The Hall–Kier alpha value is -2.81. The van der Waals surface area contributed by atoms with E-state index in [1.54, 1.807) is 11.0 Å². The fourth-order valence-corrected chi connectivity index (χ4v) is 3.25. The third-order valence-corrected chi connectivity index (χ3v) is 4.67. The molecule has 0 unspecified atom stereocenters. The molecule has 0 aliphatic carbocycles. The third-order valence-electron chi connectivity index (χ3n) is 4.67. The lowest BCUT2D eigenvalue weighted by atomic mass is 10.1. The van der Waals surface area contributed by atoms with Gasteiger partial charge in [0, 0.05) is 44.6 Å². The van der Waals surface area contributed by atoms with Crippen molar-refractivity contribution in [3.8, 4) is 5.82 Å². The molecular weight excluding hydrogens is 332 g/mol. The highest BCUT2D eigenvalue weighted by atomic mass is 16.3. The first-order chi connectivity index (χ1) is 12.7. The fraction of sp³-hybridized carbons (Fsp3) is 0.471. The van der Waals surface area contributed by atoms with Crippen molar-refractivity contribution in [2.24, 2.45) is 0 Å². The Morgan fingerprint density at radius 3 is 2.69 bits per heavy atom. The van der Waals surface area contributed by atoms with Crippen LogP contribution in [0.5, 0.6) is 0 Å². The number of nitrogens with zero attached hydrogens (tertiary/aromatic N) is 8. The molecule has 1 aliphatic rings. The summed E-state index contributed by atoms with van der Waals surface area (Å²) in [6.07, 6.45) is 9.80. The molecule has 136 valence electrons. The molecule has 0 saturated carbocycles. The summed E-state index contributed by atoms with van der Waals surface area (Å²) < 4.78 is 3.70. The summed E-state index contributed by atoms with van der Waals surface area (Å²) in [5.41, 5.74) is 1.93.